The van der Waals surface area contributed by atoms with Gasteiger partial charge in [-0.1, -0.05) is 36.4 Å². The van der Waals surface area contributed by atoms with Crippen molar-refractivity contribution in [2.24, 2.45) is 0 Å². The molecule has 2 atom stereocenters. The molecule has 1 aliphatic rings. The van der Waals surface area contributed by atoms with Gasteiger partial charge < -0.3 is 15.0 Å². The highest BCUT2D eigenvalue weighted by Gasteiger charge is 2.42. The van der Waals surface area contributed by atoms with Gasteiger partial charge in [0.1, 0.15) is 11.4 Å². The monoisotopic (exact) mass is 392 g/mol. The minimum Gasteiger partial charge on any atom is -0.464 e. The number of esters is 1. The van der Waals surface area contributed by atoms with Crippen molar-refractivity contribution in [2.75, 3.05) is 12.4 Å². The number of thioether (sulfide) groups is 1. The number of rotatable bonds is 5. The van der Waals surface area contributed by atoms with Crippen LogP contribution in [-0.4, -0.2) is 34.4 Å². The van der Waals surface area contributed by atoms with Crippen molar-refractivity contribution in [3.8, 4) is 0 Å². The summed E-state index contributed by atoms with van der Waals surface area (Å²) in [6.45, 7) is 2.84. The normalized spacial score (nSPS) is 19.6. The first-order valence-electron chi connectivity index (χ1n) is 8.12. The summed E-state index contributed by atoms with van der Waals surface area (Å²) in [7, 11) is 0. The second kappa shape index (κ2) is 8.69. The molecule has 0 bridgehead atoms. The molecule has 25 heavy (non-hydrogen) atoms. The van der Waals surface area contributed by atoms with Crippen LogP contribution in [0, 0.1) is 0 Å². The zero-order valence-corrected chi connectivity index (χ0v) is 16.3. The summed E-state index contributed by atoms with van der Waals surface area (Å²) >= 11 is 9.05. The minimum absolute atomic E-state index is 0.0465. The molecule has 1 aromatic heterocycles. The Morgan fingerprint density at radius 3 is 2.80 bits per heavy atom. The van der Waals surface area contributed by atoms with Gasteiger partial charge in [-0.25, -0.2) is 4.79 Å². The molecule has 0 unspecified atom stereocenters. The van der Waals surface area contributed by atoms with E-state index in [0.29, 0.717) is 24.0 Å². The van der Waals surface area contributed by atoms with Crippen LogP contribution in [-0.2, 0) is 16.1 Å². The van der Waals surface area contributed by atoms with Gasteiger partial charge in [-0.2, -0.15) is 0 Å². The van der Waals surface area contributed by atoms with Gasteiger partial charge in [-0.05, 0) is 36.2 Å². The van der Waals surface area contributed by atoms with E-state index in [1.165, 1.54) is 4.88 Å². The Hall–Kier alpha value is -1.57. The SMILES string of the molecule is CCOC(=O)[C@H]1CS[C@H](c2cccs2)N1C(=S)NCc1ccccc1. The summed E-state index contributed by atoms with van der Waals surface area (Å²) < 4.78 is 5.26. The van der Waals surface area contributed by atoms with Crippen LogP contribution in [0.1, 0.15) is 22.7 Å². The van der Waals surface area contributed by atoms with Crippen LogP contribution < -0.4 is 5.32 Å². The number of carbonyl (C=O) groups is 1. The Balaban J connectivity index is 1.75. The maximum absolute atomic E-state index is 12.4. The molecule has 132 valence electrons. The fourth-order valence-corrected chi connectivity index (χ4v) is 5.45. The van der Waals surface area contributed by atoms with Crippen LogP contribution in [0.25, 0.3) is 0 Å². The molecular formula is C18H20N2O2S3. The van der Waals surface area contributed by atoms with Crippen molar-refractivity contribution >= 4 is 46.4 Å². The number of hydrogen-bond donors (Lipinski definition) is 1. The first kappa shape index (κ1) is 18.2. The minimum atomic E-state index is -0.354. The standard InChI is InChI=1S/C18H20N2O2S3/c1-2-22-17(21)14-12-25-16(15-9-6-10-24-15)20(14)18(23)19-11-13-7-4-3-5-8-13/h3-10,14,16H,2,11-12H2,1H3,(H,19,23)/t14-,16-/m1/s1. The molecule has 4 nitrogen and oxygen atoms in total. The van der Waals surface area contributed by atoms with Crippen LogP contribution in [0.15, 0.2) is 47.8 Å². The van der Waals surface area contributed by atoms with E-state index >= 15 is 0 Å². The second-order valence-electron chi connectivity index (χ2n) is 5.52. The van der Waals surface area contributed by atoms with Crippen molar-refractivity contribution in [1.29, 1.82) is 0 Å². The third-order valence-corrected chi connectivity index (χ3v) is 6.60. The number of benzene rings is 1. The first-order chi connectivity index (χ1) is 12.2. The lowest BCUT2D eigenvalue weighted by Gasteiger charge is -2.30. The van der Waals surface area contributed by atoms with Gasteiger partial charge in [-0.15, -0.1) is 23.1 Å². The Kier molecular flexibility index (Phi) is 6.34. The van der Waals surface area contributed by atoms with E-state index < -0.39 is 0 Å². The summed E-state index contributed by atoms with van der Waals surface area (Å²) in [5.74, 6) is 0.465. The molecular weight excluding hydrogens is 372 g/mol. The maximum Gasteiger partial charge on any atom is 0.329 e. The van der Waals surface area contributed by atoms with Crippen LogP contribution in [0.4, 0.5) is 0 Å². The van der Waals surface area contributed by atoms with Gasteiger partial charge in [0.2, 0.25) is 0 Å². The van der Waals surface area contributed by atoms with Crippen molar-refractivity contribution in [3.63, 3.8) is 0 Å². The highest BCUT2D eigenvalue weighted by Crippen LogP contribution is 2.43. The van der Waals surface area contributed by atoms with Gasteiger partial charge in [0.15, 0.2) is 5.11 Å². The Morgan fingerprint density at radius 1 is 1.32 bits per heavy atom. The molecule has 0 radical (unpaired) electrons. The molecule has 7 heteroatoms. The summed E-state index contributed by atoms with van der Waals surface area (Å²) in [6.07, 6.45) is 0. The predicted molar refractivity (Wildman–Crippen MR) is 108 cm³/mol. The van der Waals surface area contributed by atoms with E-state index in [4.69, 9.17) is 17.0 Å². The Labute approximate surface area is 161 Å². The number of thiocarbonyl (C=S) groups is 1. The van der Waals surface area contributed by atoms with Crippen LogP contribution in [0.2, 0.25) is 0 Å². The molecule has 0 spiro atoms. The van der Waals surface area contributed by atoms with Gasteiger partial charge in [0.25, 0.3) is 0 Å². The molecule has 1 fully saturated rings. The topological polar surface area (TPSA) is 41.6 Å². The second-order valence-corrected chi connectivity index (χ2v) is 8.00. The molecule has 3 rings (SSSR count). The highest BCUT2D eigenvalue weighted by atomic mass is 32.2. The van der Waals surface area contributed by atoms with E-state index in [1.54, 1.807) is 23.1 Å². The molecule has 1 aromatic carbocycles. The van der Waals surface area contributed by atoms with E-state index in [2.05, 4.69) is 11.4 Å². The molecule has 0 saturated carbocycles. The summed E-state index contributed by atoms with van der Waals surface area (Å²) in [6, 6.07) is 13.8. The van der Waals surface area contributed by atoms with Crippen LogP contribution >= 0.6 is 35.3 Å². The highest BCUT2D eigenvalue weighted by molar-refractivity contribution is 8.00. The number of carbonyl (C=O) groups excluding carboxylic acids is 1. The van der Waals surface area contributed by atoms with Crippen LogP contribution in [0.3, 0.4) is 0 Å². The maximum atomic E-state index is 12.4. The average Bonchev–Trinajstić information content (AvgIpc) is 3.29. The molecule has 2 heterocycles. The zero-order chi connectivity index (χ0) is 17.6. The average molecular weight is 393 g/mol. The van der Waals surface area contributed by atoms with Gasteiger partial charge in [-0.3, -0.25) is 0 Å². The van der Waals surface area contributed by atoms with Crippen molar-refractivity contribution in [2.45, 2.75) is 24.9 Å². The number of ether oxygens (including phenoxy) is 1. The number of nitrogens with zero attached hydrogens (tertiary/aromatic N) is 1. The molecule has 0 aliphatic carbocycles. The summed E-state index contributed by atoms with van der Waals surface area (Å²) in [4.78, 5) is 15.6. The van der Waals surface area contributed by atoms with Gasteiger partial charge in [0.05, 0.1) is 6.61 Å². The largest absolute Gasteiger partial charge is 0.464 e. The van der Waals surface area contributed by atoms with Crippen molar-refractivity contribution in [3.05, 3.63) is 58.3 Å². The summed E-state index contributed by atoms with van der Waals surface area (Å²) in [5, 5.41) is 5.98. The fraction of sp³-hybridized carbons (Fsp3) is 0.333. The number of nitrogens with one attached hydrogen (secondary N) is 1. The van der Waals surface area contributed by atoms with Crippen molar-refractivity contribution in [1.82, 2.24) is 10.2 Å². The number of hydrogen-bond acceptors (Lipinski definition) is 5. The van der Waals surface area contributed by atoms with E-state index in [9.17, 15) is 4.79 Å². The molecule has 2 aromatic rings. The Bertz CT molecular complexity index is 706. The lowest BCUT2D eigenvalue weighted by atomic mass is 10.2. The summed E-state index contributed by atoms with van der Waals surface area (Å²) in [5.41, 5.74) is 1.15. The quantitative estimate of drug-likeness (QED) is 0.617. The third kappa shape index (κ3) is 4.34. The lowest BCUT2D eigenvalue weighted by Crippen LogP contribution is -2.48. The van der Waals surface area contributed by atoms with Crippen LogP contribution in [0.5, 0.6) is 0 Å². The van der Waals surface area contributed by atoms with E-state index in [-0.39, 0.29) is 17.4 Å². The lowest BCUT2D eigenvalue weighted by molar-refractivity contribution is -0.147. The van der Waals surface area contributed by atoms with E-state index in [0.717, 1.165) is 5.56 Å². The fourth-order valence-electron chi connectivity index (χ4n) is 2.69. The smallest absolute Gasteiger partial charge is 0.329 e. The molecule has 1 saturated heterocycles. The molecule has 0 amide bonds. The van der Waals surface area contributed by atoms with E-state index in [1.807, 2.05) is 53.6 Å². The Morgan fingerprint density at radius 2 is 2.12 bits per heavy atom. The predicted octanol–water partition coefficient (Wildman–Crippen LogP) is 3.80. The number of thiophene rings is 1. The first-order valence-corrected chi connectivity index (χ1v) is 10.5. The zero-order valence-electron chi connectivity index (χ0n) is 13.9. The van der Waals surface area contributed by atoms with Crippen molar-refractivity contribution < 1.29 is 9.53 Å². The van der Waals surface area contributed by atoms with Gasteiger partial charge >= 0.3 is 5.97 Å². The third-order valence-electron chi connectivity index (χ3n) is 3.87. The van der Waals surface area contributed by atoms with Gasteiger partial charge in [0, 0.05) is 17.2 Å². The molecule has 1 N–H and O–H groups in total. The molecule has 1 aliphatic heterocycles.